The Morgan fingerprint density at radius 3 is 2.40 bits per heavy atom. The minimum Gasteiger partial charge on any atom is -0.379 e. The maximum atomic E-state index is 5.58. The molecule has 1 aromatic rings. The highest BCUT2D eigenvalue weighted by Gasteiger charge is 2.28. The van der Waals surface area contributed by atoms with Crippen molar-refractivity contribution in [3.8, 4) is 0 Å². The predicted octanol–water partition coefficient (Wildman–Crippen LogP) is 2.12. The topological polar surface area (TPSA) is 69.4 Å². The van der Waals surface area contributed by atoms with Crippen molar-refractivity contribution in [3.05, 3.63) is 18.0 Å². The van der Waals surface area contributed by atoms with E-state index < -0.39 is 0 Å². The van der Waals surface area contributed by atoms with Crippen molar-refractivity contribution < 1.29 is 9.26 Å². The fourth-order valence-corrected chi connectivity index (χ4v) is 4.53. The zero-order chi connectivity index (χ0) is 20.5. The number of halogens is 1. The second kappa shape index (κ2) is 13.5. The third kappa shape index (κ3) is 7.06. The molecule has 3 heterocycles. The minimum absolute atomic E-state index is 0. The molecule has 9 heteroatoms. The molecule has 1 N–H and O–H groups in total. The van der Waals surface area contributed by atoms with Crippen molar-refractivity contribution in [2.45, 2.75) is 39.3 Å². The molecule has 1 aromatic heterocycles. The van der Waals surface area contributed by atoms with Crippen molar-refractivity contribution in [3.63, 3.8) is 0 Å². The number of piperazine rings is 1. The van der Waals surface area contributed by atoms with E-state index in [0.717, 1.165) is 77.2 Å². The maximum Gasteiger partial charge on any atom is 0.193 e. The third-order valence-electron chi connectivity index (χ3n) is 6.34. The zero-order valence-electron chi connectivity index (χ0n) is 18.8. The SMILES string of the molecule is CCC(CC)C(CNC(=NC)N1CCN(Cc2ccon2)CC1)N1CCOCC1.I. The number of aliphatic imine (C=N–C) groups is 1. The monoisotopic (exact) mass is 534 g/mol. The Labute approximate surface area is 198 Å². The Morgan fingerprint density at radius 2 is 1.83 bits per heavy atom. The molecule has 172 valence electrons. The van der Waals surface area contributed by atoms with Gasteiger partial charge in [0.1, 0.15) is 6.26 Å². The Morgan fingerprint density at radius 1 is 1.13 bits per heavy atom. The van der Waals surface area contributed by atoms with Gasteiger partial charge in [0.2, 0.25) is 0 Å². The number of guanidine groups is 1. The molecule has 3 rings (SSSR count). The number of nitrogens with zero attached hydrogens (tertiary/aromatic N) is 5. The molecule has 1 unspecified atom stereocenters. The van der Waals surface area contributed by atoms with E-state index in [1.807, 2.05) is 13.1 Å². The van der Waals surface area contributed by atoms with Gasteiger partial charge in [-0.25, -0.2) is 0 Å². The molecular formula is C21H39IN6O2. The molecule has 0 amide bonds. The van der Waals surface area contributed by atoms with Crippen LogP contribution in [0.25, 0.3) is 0 Å². The Hall–Kier alpha value is -0.910. The molecule has 0 spiro atoms. The molecule has 2 saturated heterocycles. The lowest BCUT2D eigenvalue weighted by molar-refractivity contribution is 0.00254. The van der Waals surface area contributed by atoms with Gasteiger partial charge in [0, 0.05) is 71.5 Å². The Kier molecular flexibility index (Phi) is 11.4. The number of hydrogen-bond donors (Lipinski definition) is 1. The summed E-state index contributed by atoms with van der Waals surface area (Å²) in [4.78, 5) is 12.0. The van der Waals surface area contributed by atoms with Crippen molar-refractivity contribution in [1.82, 2.24) is 25.2 Å². The van der Waals surface area contributed by atoms with Crippen LogP contribution < -0.4 is 5.32 Å². The zero-order valence-corrected chi connectivity index (χ0v) is 21.1. The highest BCUT2D eigenvalue weighted by atomic mass is 127. The van der Waals surface area contributed by atoms with Gasteiger partial charge >= 0.3 is 0 Å². The van der Waals surface area contributed by atoms with Gasteiger partial charge in [0.05, 0.1) is 18.9 Å². The van der Waals surface area contributed by atoms with Crippen LogP contribution in [0.2, 0.25) is 0 Å². The molecule has 2 aliphatic rings. The number of rotatable bonds is 8. The van der Waals surface area contributed by atoms with Gasteiger partial charge in [-0.1, -0.05) is 31.8 Å². The van der Waals surface area contributed by atoms with Crippen LogP contribution in [0.15, 0.2) is 21.8 Å². The summed E-state index contributed by atoms with van der Waals surface area (Å²) in [5, 5.41) is 7.72. The second-order valence-electron chi connectivity index (χ2n) is 7.97. The van der Waals surface area contributed by atoms with Crippen LogP contribution in [-0.2, 0) is 11.3 Å². The van der Waals surface area contributed by atoms with E-state index in [4.69, 9.17) is 9.26 Å². The van der Waals surface area contributed by atoms with Crippen molar-refractivity contribution in [2.24, 2.45) is 10.9 Å². The predicted molar refractivity (Wildman–Crippen MR) is 130 cm³/mol. The van der Waals surface area contributed by atoms with E-state index >= 15 is 0 Å². The van der Waals surface area contributed by atoms with Crippen LogP contribution in [0.1, 0.15) is 32.4 Å². The summed E-state index contributed by atoms with van der Waals surface area (Å²) in [7, 11) is 1.89. The van der Waals surface area contributed by atoms with Crippen LogP contribution in [0, 0.1) is 5.92 Å². The minimum atomic E-state index is 0. The van der Waals surface area contributed by atoms with Crippen LogP contribution in [-0.4, -0.2) is 97.9 Å². The number of nitrogens with one attached hydrogen (secondary N) is 1. The summed E-state index contributed by atoms with van der Waals surface area (Å²) in [6.45, 7) is 14.1. The van der Waals surface area contributed by atoms with Gasteiger partial charge in [-0.15, -0.1) is 24.0 Å². The summed E-state index contributed by atoms with van der Waals surface area (Å²) >= 11 is 0. The van der Waals surface area contributed by atoms with Crippen molar-refractivity contribution in [1.29, 1.82) is 0 Å². The molecule has 30 heavy (non-hydrogen) atoms. The Bertz CT molecular complexity index is 597. The highest BCUT2D eigenvalue weighted by molar-refractivity contribution is 14.0. The molecule has 0 aromatic carbocycles. The molecule has 1 atom stereocenters. The maximum absolute atomic E-state index is 5.58. The van der Waals surface area contributed by atoms with E-state index in [1.165, 1.54) is 12.8 Å². The summed E-state index contributed by atoms with van der Waals surface area (Å²) in [5.41, 5.74) is 1.000. The summed E-state index contributed by atoms with van der Waals surface area (Å²) in [6.07, 6.45) is 4.06. The van der Waals surface area contributed by atoms with Crippen molar-refractivity contribution >= 4 is 29.9 Å². The van der Waals surface area contributed by atoms with E-state index in [0.29, 0.717) is 12.0 Å². The molecular weight excluding hydrogens is 495 g/mol. The molecule has 0 saturated carbocycles. The molecule has 0 radical (unpaired) electrons. The van der Waals surface area contributed by atoms with Crippen LogP contribution in [0.5, 0.6) is 0 Å². The van der Waals surface area contributed by atoms with Gasteiger partial charge in [-0.05, 0) is 5.92 Å². The van der Waals surface area contributed by atoms with Gasteiger partial charge in [0.15, 0.2) is 5.96 Å². The lowest BCUT2D eigenvalue weighted by Gasteiger charge is -2.40. The summed E-state index contributed by atoms with van der Waals surface area (Å²) < 4.78 is 10.5. The van der Waals surface area contributed by atoms with Gasteiger partial charge in [-0.2, -0.15) is 0 Å². The molecule has 2 fully saturated rings. The van der Waals surface area contributed by atoms with Gasteiger partial charge in [-0.3, -0.25) is 14.8 Å². The number of morpholine rings is 1. The van der Waals surface area contributed by atoms with E-state index in [-0.39, 0.29) is 24.0 Å². The number of hydrogen-bond acceptors (Lipinski definition) is 6. The largest absolute Gasteiger partial charge is 0.379 e. The summed E-state index contributed by atoms with van der Waals surface area (Å²) in [5.74, 6) is 1.72. The van der Waals surface area contributed by atoms with Crippen LogP contribution in [0.3, 0.4) is 0 Å². The van der Waals surface area contributed by atoms with E-state index in [1.54, 1.807) is 6.26 Å². The average Bonchev–Trinajstić information content (AvgIpc) is 3.28. The quantitative estimate of drug-likeness (QED) is 0.312. The molecule has 2 aliphatic heterocycles. The first-order valence-electron chi connectivity index (χ1n) is 11.1. The average molecular weight is 534 g/mol. The number of ether oxygens (including phenoxy) is 1. The van der Waals surface area contributed by atoms with Crippen LogP contribution in [0.4, 0.5) is 0 Å². The Balaban J connectivity index is 0.00000320. The standard InChI is InChI=1S/C21H38N6O2.HI/c1-4-18(5-2)20(26-11-14-28-15-12-26)16-23-21(22-3)27-9-7-25(8-10-27)17-19-6-13-29-24-19;/h6,13,18,20H,4-5,7-12,14-17H2,1-3H3,(H,22,23);1H. The first-order valence-corrected chi connectivity index (χ1v) is 11.1. The van der Waals surface area contributed by atoms with E-state index in [9.17, 15) is 0 Å². The molecule has 8 nitrogen and oxygen atoms in total. The lowest BCUT2D eigenvalue weighted by Crippen LogP contribution is -2.56. The van der Waals surface area contributed by atoms with Gasteiger partial charge < -0.3 is 19.5 Å². The highest BCUT2D eigenvalue weighted by Crippen LogP contribution is 2.20. The van der Waals surface area contributed by atoms with Gasteiger partial charge in [0.25, 0.3) is 0 Å². The normalized spacial score (nSPS) is 20.3. The smallest absolute Gasteiger partial charge is 0.193 e. The first-order chi connectivity index (χ1) is 14.2. The lowest BCUT2D eigenvalue weighted by atomic mass is 9.92. The summed E-state index contributed by atoms with van der Waals surface area (Å²) in [6, 6.07) is 2.47. The van der Waals surface area contributed by atoms with Crippen LogP contribution >= 0.6 is 24.0 Å². The fourth-order valence-electron chi connectivity index (χ4n) is 4.53. The number of aromatic nitrogens is 1. The second-order valence-corrected chi connectivity index (χ2v) is 7.97. The molecule has 0 aliphatic carbocycles. The fraction of sp³-hybridized carbons (Fsp3) is 0.810. The van der Waals surface area contributed by atoms with E-state index in [2.05, 4.69) is 44.0 Å². The van der Waals surface area contributed by atoms with Crippen molar-refractivity contribution in [2.75, 3.05) is 66.1 Å². The first kappa shape index (κ1) is 25.4. The third-order valence-corrected chi connectivity index (χ3v) is 6.34. The molecule has 0 bridgehead atoms.